The minimum atomic E-state index is -2.97. The van der Waals surface area contributed by atoms with E-state index in [1.807, 2.05) is 0 Å². The second kappa shape index (κ2) is 4.67. The van der Waals surface area contributed by atoms with Crippen LogP contribution in [0.5, 0.6) is 0 Å². The number of nitrogens with one attached hydrogen (secondary N) is 1. The lowest BCUT2D eigenvalue weighted by Crippen LogP contribution is -2.15. The molecular formula is C8H12ClN3O2S. The Morgan fingerprint density at radius 3 is 2.80 bits per heavy atom. The lowest BCUT2D eigenvalue weighted by molar-refractivity contribution is 0.602. The quantitative estimate of drug-likeness (QED) is 0.824. The molecule has 5 nitrogen and oxygen atoms in total. The van der Waals surface area contributed by atoms with E-state index in [4.69, 9.17) is 17.3 Å². The van der Waals surface area contributed by atoms with Crippen LogP contribution in [0.25, 0.3) is 0 Å². The van der Waals surface area contributed by atoms with Crippen LogP contribution in [0.2, 0.25) is 5.02 Å². The van der Waals surface area contributed by atoms with Crippen LogP contribution < -0.4 is 11.1 Å². The molecule has 84 valence electrons. The van der Waals surface area contributed by atoms with Crippen LogP contribution in [0.15, 0.2) is 12.3 Å². The van der Waals surface area contributed by atoms with Gasteiger partial charge in [0.1, 0.15) is 15.7 Å². The molecule has 1 aromatic rings. The van der Waals surface area contributed by atoms with Crippen molar-refractivity contribution in [3.63, 3.8) is 0 Å². The molecule has 0 aliphatic rings. The van der Waals surface area contributed by atoms with Crippen molar-refractivity contribution >= 4 is 32.9 Å². The maximum absolute atomic E-state index is 10.8. The van der Waals surface area contributed by atoms with Crippen molar-refractivity contribution in [2.45, 2.75) is 0 Å². The molecule has 0 bridgehead atoms. The molecule has 0 saturated carbocycles. The Bertz CT molecular complexity index is 447. The van der Waals surface area contributed by atoms with Crippen molar-refractivity contribution in [2.75, 3.05) is 29.6 Å². The first kappa shape index (κ1) is 12.1. The molecule has 7 heteroatoms. The molecular weight excluding hydrogens is 238 g/mol. The fourth-order valence-corrected chi connectivity index (χ4v) is 1.60. The van der Waals surface area contributed by atoms with Crippen molar-refractivity contribution in [1.82, 2.24) is 4.98 Å². The second-order valence-electron chi connectivity index (χ2n) is 3.15. The molecule has 0 atom stereocenters. The van der Waals surface area contributed by atoms with Gasteiger partial charge in [-0.15, -0.1) is 0 Å². The van der Waals surface area contributed by atoms with Gasteiger partial charge in [-0.3, -0.25) is 0 Å². The van der Waals surface area contributed by atoms with E-state index in [0.29, 0.717) is 16.5 Å². The highest BCUT2D eigenvalue weighted by atomic mass is 35.5. The van der Waals surface area contributed by atoms with Crippen molar-refractivity contribution in [2.24, 2.45) is 0 Å². The number of halogens is 1. The van der Waals surface area contributed by atoms with E-state index in [2.05, 4.69) is 10.3 Å². The summed E-state index contributed by atoms with van der Waals surface area (Å²) in [6, 6.07) is 1.55. The number of sulfone groups is 1. The highest BCUT2D eigenvalue weighted by Gasteiger charge is 2.04. The van der Waals surface area contributed by atoms with E-state index in [0.717, 1.165) is 0 Å². The fourth-order valence-electron chi connectivity index (χ4n) is 0.957. The van der Waals surface area contributed by atoms with Gasteiger partial charge in [-0.25, -0.2) is 13.4 Å². The Balaban J connectivity index is 2.59. The predicted molar refractivity (Wildman–Crippen MR) is 61.9 cm³/mol. The van der Waals surface area contributed by atoms with Gasteiger partial charge in [0.2, 0.25) is 0 Å². The molecule has 1 heterocycles. The van der Waals surface area contributed by atoms with Gasteiger partial charge in [0.05, 0.1) is 16.5 Å². The predicted octanol–water partition coefficient (Wildman–Crippen LogP) is 0.774. The summed E-state index contributed by atoms with van der Waals surface area (Å²) in [5.74, 6) is 0.486. The van der Waals surface area contributed by atoms with Crippen molar-refractivity contribution in [1.29, 1.82) is 0 Å². The maximum Gasteiger partial charge on any atom is 0.149 e. The average Bonchev–Trinajstić information content (AvgIpc) is 2.07. The average molecular weight is 250 g/mol. The van der Waals surface area contributed by atoms with Gasteiger partial charge in [-0.05, 0) is 6.07 Å². The lowest BCUT2D eigenvalue weighted by atomic mass is 10.4. The first-order valence-corrected chi connectivity index (χ1v) is 6.65. The number of hydrogen-bond donors (Lipinski definition) is 2. The number of rotatable bonds is 4. The van der Waals surface area contributed by atoms with Gasteiger partial charge in [0.25, 0.3) is 0 Å². The van der Waals surface area contributed by atoms with Gasteiger partial charge in [-0.2, -0.15) is 0 Å². The molecule has 15 heavy (non-hydrogen) atoms. The Morgan fingerprint density at radius 2 is 2.27 bits per heavy atom. The minimum absolute atomic E-state index is 0.0384. The second-order valence-corrected chi connectivity index (χ2v) is 5.84. The molecule has 0 saturated heterocycles. The summed E-state index contributed by atoms with van der Waals surface area (Å²) in [5, 5.41) is 3.27. The van der Waals surface area contributed by atoms with Gasteiger partial charge < -0.3 is 11.1 Å². The smallest absolute Gasteiger partial charge is 0.149 e. The van der Waals surface area contributed by atoms with Crippen LogP contribution in [0.1, 0.15) is 0 Å². The third kappa shape index (κ3) is 4.35. The van der Waals surface area contributed by atoms with Crippen LogP contribution in [0.4, 0.5) is 11.5 Å². The van der Waals surface area contributed by atoms with E-state index >= 15 is 0 Å². The van der Waals surface area contributed by atoms with E-state index in [-0.39, 0.29) is 12.3 Å². The Kier molecular flexibility index (Phi) is 3.76. The zero-order chi connectivity index (χ0) is 11.5. The molecule has 1 rings (SSSR count). The van der Waals surface area contributed by atoms with E-state index in [9.17, 15) is 8.42 Å². The molecule has 3 N–H and O–H groups in total. The SMILES string of the molecule is CS(=O)(=O)CCNc1ncc(Cl)cc1N. The van der Waals surface area contributed by atoms with Crippen LogP contribution in [-0.4, -0.2) is 32.0 Å². The highest BCUT2D eigenvalue weighted by Crippen LogP contribution is 2.18. The minimum Gasteiger partial charge on any atom is -0.396 e. The van der Waals surface area contributed by atoms with E-state index in [1.165, 1.54) is 12.5 Å². The van der Waals surface area contributed by atoms with Gasteiger partial charge in [0.15, 0.2) is 0 Å². The van der Waals surface area contributed by atoms with Gasteiger partial charge >= 0.3 is 0 Å². The van der Waals surface area contributed by atoms with E-state index in [1.54, 1.807) is 6.07 Å². The zero-order valence-corrected chi connectivity index (χ0v) is 9.77. The first-order chi connectivity index (χ1) is 6.88. The molecule has 0 amide bonds. The molecule has 0 spiro atoms. The van der Waals surface area contributed by atoms with Crippen LogP contribution >= 0.6 is 11.6 Å². The molecule has 0 fully saturated rings. The summed E-state index contributed by atoms with van der Waals surface area (Å²) < 4.78 is 21.7. The summed E-state index contributed by atoms with van der Waals surface area (Å²) in [7, 11) is -2.97. The molecule has 0 aliphatic carbocycles. The Morgan fingerprint density at radius 1 is 1.60 bits per heavy atom. The largest absolute Gasteiger partial charge is 0.396 e. The third-order valence-corrected chi connectivity index (χ3v) is 2.80. The molecule has 0 aliphatic heterocycles. The molecule has 1 aromatic heterocycles. The standard InChI is InChI=1S/C8H12ClN3O2S/c1-15(13,14)3-2-11-8-7(10)4-6(9)5-12-8/h4-5H,2-3,10H2,1H3,(H,11,12). The first-order valence-electron chi connectivity index (χ1n) is 4.21. The number of hydrogen-bond acceptors (Lipinski definition) is 5. The Hall–Kier alpha value is -1.01. The molecule has 0 radical (unpaired) electrons. The zero-order valence-electron chi connectivity index (χ0n) is 8.20. The molecule has 0 aromatic carbocycles. The van der Waals surface area contributed by atoms with Crippen LogP contribution in [0.3, 0.4) is 0 Å². The summed E-state index contributed by atoms with van der Waals surface area (Å²) in [6.45, 7) is 0.275. The Labute approximate surface area is 93.6 Å². The number of nitrogen functional groups attached to an aromatic ring is 1. The van der Waals surface area contributed by atoms with Gasteiger partial charge in [0, 0.05) is 19.0 Å². The number of anilines is 2. The van der Waals surface area contributed by atoms with Crippen molar-refractivity contribution in [3.05, 3.63) is 17.3 Å². The number of aromatic nitrogens is 1. The van der Waals surface area contributed by atoms with Crippen molar-refractivity contribution < 1.29 is 8.42 Å². The lowest BCUT2D eigenvalue weighted by Gasteiger charge is -2.07. The summed E-state index contributed by atoms with van der Waals surface area (Å²) in [5.41, 5.74) is 6.01. The van der Waals surface area contributed by atoms with Crippen LogP contribution in [-0.2, 0) is 9.84 Å². The number of nitrogens with zero attached hydrogens (tertiary/aromatic N) is 1. The summed E-state index contributed by atoms with van der Waals surface area (Å²) in [6.07, 6.45) is 2.62. The topological polar surface area (TPSA) is 85.1 Å². The monoisotopic (exact) mass is 249 g/mol. The summed E-state index contributed by atoms with van der Waals surface area (Å²) >= 11 is 5.66. The maximum atomic E-state index is 10.8. The summed E-state index contributed by atoms with van der Waals surface area (Å²) in [4.78, 5) is 3.93. The number of pyridine rings is 1. The normalized spacial score (nSPS) is 11.3. The van der Waals surface area contributed by atoms with E-state index < -0.39 is 9.84 Å². The van der Waals surface area contributed by atoms with Crippen LogP contribution in [0, 0.1) is 0 Å². The van der Waals surface area contributed by atoms with Gasteiger partial charge in [-0.1, -0.05) is 11.6 Å². The highest BCUT2D eigenvalue weighted by molar-refractivity contribution is 7.90. The van der Waals surface area contributed by atoms with Crippen molar-refractivity contribution in [3.8, 4) is 0 Å². The third-order valence-electron chi connectivity index (χ3n) is 1.65. The number of nitrogens with two attached hydrogens (primary N) is 1. The molecule has 0 unspecified atom stereocenters. The fraction of sp³-hybridized carbons (Fsp3) is 0.375.